The number of amides is 1. The van der Waals surface area contributed by atoms with Crippen LogP contribution in [-0.4, -0.2) is 27.3 Å². The van der Waals surface area contributed by atoms with Gasteiger partial charge in [-0.3, -0.25) is 14.6 Å². The van der Waals surface area contributed by atoms with Crippen LogP contribution in [0.15, 0.2) is 36.5 Å². The van der Waals surface area contributed by atoms with Crippen LogP contribution < -0.4 is 5.32 Å². The van der Waals surface area contributed by atoms with Gasteiger partial charge in [-0.15, -0.1) is 6.42 Å². The molecule has 0 radical (unpaired) electrons. The Morgan fingerprint density at radius 2 is 1.69 bits per heavy atom. The zero-order chi connectivity index (χ0) is 21.8. The standard InChI is InChI=1S/C24H28N2O3/c1-7-24(5,6)26-22(29)20-14-17(10-11-25-20)13-18(27)12-16-8-9-19(21(28)15-16)23(2,3)4/h1,8-11,14-15,28H,12-13H2,2-6H3,(H,26,29). The van der Waals surface area contributed by atoms with E-state index < -0.39 is 5.54 Å². The lowest BCUT2D eigenvalue weighted by atomic mass is 9.85. The minimum absolute atomic E-state index is 0.0191. The average molecular weight is 392 g/mol. The first-order valence-electron chi connectivity index (χ1n) is 9.50. The van der Waals surface area contributed by atoms with E-state index in [1.165, 1.54) is 6.20 Å². The smallest absolute Gasteiger partial charge is 0.271 e. The maximum Gasteiger partial charge on any atom is 0.271 e. The average Bonchev–Trinajstić information content (AvgIpc) is 2.60. The molecule has 29 heavy (non-hydrogen) atoms. The van der Waals surface area contributed by atoms with Gasteiger partial charge in [-0.2, -0.15) is 0 Å². The number of phenolic OH excluding ortho intramolecular Hbond substituents is 1. The van der Waals surface area contributed by atoms with Crippen molar-refractivity contribution in [1.29, 1.82) is 0 Å². The first kappa shape index (κ1) is 22.2. The van der Waals surface area contributed by atoms with Gasteiger partial charge in [0.05, 0.1) is 5.54 Å². The van der Waals surface area contributed by atoms with Crippen molar-refractivity contribution in [3.8, 4) is 18.1 Å². The van der Waals surface area contributed by atoms with E-state index in [4.69, 9.17) is 6.42 Å². The quantitative estimate of drug-likeness (QED) is 0.737. The monoisotopic (exact) mass is 392 g/mol. The van der Waals surface area contributed by atoms with Crippen LogP contribution in [0.5, 0.6) is 5.75 Å². The van der Waals surface area contributed by atoms with Gasteiger partial charge in [0.2, 0.25) is 0 Å². The molecule has 1 heterocycles. The number of carbonyl (C=O) groups excluding carboxylic acids is 2. The van der Waals surface area contributed by atoms with E-state index >= 15 is 0 Å². The summed E-state index contributed by atoms with van der Waals surface area (Å²) in [7, 11) is 0. The summed E-state index contributed by atoms with van der Waals surface area (Å²) in [4.78, 5) is 28.9. The van der Waals surface area contributed by atoms with Crippen LogP contribution in [0.1, 0.15) is 61.8 Å². The van der Waals surface area contributed by atoms with Crippen molar-refractivity contribution in [1.82, 2.24) is 10.3 Å². The van der Waals surface area contributed by atoms with E-state index in [2.05, 4.69) is 16.2 Å². The molecular weight excluding hydrogens is 364 g/mol. The number of carbonyl (C=O) groups is 2. The van der Waals surface area contributed by atoms with Gasteiger partial charge in [0.1, 0.15) is 17.2 Å². The number of hydrogen-bond donors (Lipinski definition) is 2. The normalized spacial score (nSPS) is 11.6. The number of phenols is 1. The largest absolute Gasteiger partial charge is 0.508 e. The number of terminal acetylenes is 1. The Kier molecular flexibility index (Phi) is 6.48. The van der Waals surface area contributed by atoms with Gasteiger partial charge in [-0.1, -0.05) is 38.8 Å². The topological polar surface area (TPSA) is 79.3 Å². The number of nitrogens with zero attached hydrogens (tertiary/aromatic N) is 1. The maximum atomic E-state index is 12.5. The van der Waals surface area contributed by atoms with Crippen LogP contribution >= 0.6 is 0 Å². The summed E-state index contributed by atoms with van der Waals surface area (Å²) in [6, 6.07) is 8.68. The molecule has 0 aliphatic rings. The SMILES string of the molecule is C#CC(C)(C)NC(=O)c1cc(CC(=O)Cc2ccc(C(C)(C)C)c(O)c2)ccn1. The third-order valence-electron chi connectivity index (χ3n) is 4.52. The van der Waals surface area contributed by atoms with Crippen LogP contribution in [-0.2, 0) is 23.1 Å². The van der Waals surface area contributed by atoms with E-state index in [1.807, 2.05) is 32.9 Å². The third kappa shape index (κ3) is 6.18. The number of aromatic nitrogens is 1. The van der Waals surface area contributed by atoms with Gasteiger partial charge < -0.3 is 10.4 Å². The zero-order valence-electron chi connectivity index (χ0n) is 17.7. The number of pyridine rings is 1. The van der Waals surface area contributed by atoms with Crippen molar-refractivity contribution >= 4 is 11.7 Å². The number of Topliss-reactive ketones (excluding diaryl/α,β-unsaturated/α-hetero) is 1. The molecule has 0 unspecified atom stereocenters. The molecule has 1 amide bonds. The summed E-state index contributed by atoms with van der Waals surface area (Å²) in [6.07, 6.45) is 7.27. The van der Waals surface area contributed by atoms with Crippen LogP contribution in [0.2, 0.25) is 0 Å². The van der Waals surface area contributed by atoms with Crippen LogP contribution in [0, 0.1) is 12.3 Å². The summed E-state index contributed by atoms with van der Waals surface area (Å²) in [6.45, 7) is 9.51. The molecule has 0 fully saturated rings. The number of nitrogens with one attached hydrogen (secondary N) is 1. The van der Waals surface area contributed by atoms with Crippen LogP contribution in [0.25, 0.3) is 0 Å². The molecule has 152 valence electrons. The summed E-state index contributed by atoms with van der Waals surface area (Å²) in [5, 5.41) is 13.0. The van der Waals surface area contributed by atoms with Crippen molar-refractivity contribution in [2.24, 2.45) is 0 Å². The molecule has 0 aliphatic carbocycles. The second kappa shape index (κ2) is 8.48. The predicted molar refractivity (Wildman–Crippen MR) is 114 cm³/mol. The van der Waals surface area contributed by atoms with E-state index in [0.29, 0.717) is 5.56 Å². The van der Waals surface area contributed by atoms with Gasteiger partial charge in [0, 0.05) is 19.0 Å². The number of hydrogen-bond acceptors (Lipinski definition) is 4. The molecule has 5 nitrogen and oxygen atoms in total. The van der Waals surface area contributed by atoms with Crippen molar-refractivity contribution in [3.05, 3.63) is 58.9 Å². The molecule has 0 spiro atoms. The highest BCUT2D eigenvalue weighted by atomic mass is 16.3. The van der Waals surface area contributed by atoms with Gasteiger partial charge >= 0.3 is 0 Å². The van der Waals surface area contributed by atoms with Crippen molar-refractivity contribution in [3.63, 3.8) is 0 Å². The second-order valence-electron chi connectivity index (χ2n) is 8.77. The Hall–Kier alpha value is -3.13. The lowest BCUT2D eigenvalue weighted by Gasteiger charge is -2.20. The Bertz CT molecular complexity index is 963. The summed E-state index contributed by atoms with van der Waals surface area (Å²) in [5.74, 6) is 2.29. The highest BCUT2D eigenvalue weighted by Gasteiger charge is 2.20. The molecule has 2 rings (SSSR count). The molecule has 0 bridgehead atoms. The van der Waals surface area contributed by atoms with E-state index in [-0.39, 0.29) is 41.4 Å². The minimum Gasteiger partial charge on any atom is -0.508 e. The summed E-state index contributed by atoms with van der Waals surface area (Å²) in [5.41, 5.74) is 1.55. The Morgan fingerprint density at radius 1 is 1.07 bits per heavy atom. The molecule has 1 aromatic heterocycles. The molecule has 2 aromatic rings. The highest BCUT2D eigenvalue weighted by Crippen LogP contribution is 2.31. The third-order valence-corrected chi connectivity index (χ3v) is 4.52. The molecule has 0 saturated heterocycles. The number of benzene rings is 1. The van der Waals surface area contributed by atoms with Crippen molar-refractivity contribution < 1.29 is 14.7 Å². The first-order valence-corrected chi connectivity index (χ1v) is 9.50. The molecule has 2 N–H and O–H groups in total. The van der Waals surface area contributed by atoms with Gasteiger partial charge in [-0.25, -0.2) is 0 Å². The van der Waals surface area contributed by atoms with Crippen LogP contribution in [0.4, 0.5) is 0 Å². The van der Waals surface area contributed by atoms with Crippen molar-refractivity contribution in [2.45, 2.75) is 58.4 Å². The molecule has 1 aromatic carbocycles. The van der Waals surface area contributed by atoms with Gasteiger partial charge in [0.25, 0.3) is 5.91 Å². The van der Waals surface area contributed by atoms with Gasteiger partial charge in [-0.05, 0) is 54.2 Å². The van der Waals surface area contributed by atoms with Crippen LogP contribution in [0.3, 0.4) is 0 Å². The van der Waals surface area contributed by atoms with Gasteiger partial charge in [0.15, 0.2) is 0 Å². The molecular formula is C24H28N2O3. The minimum atomic E-state index is -0.786. The number of ketones is 1. The molecule has 5 heteroatoms. The maximum absolute atomic E-state index is 12.5. The highest BCUT2D eigenvalue weighted by molar-refractivity contribution is 5.93. The Morgan fingerprint density at radius 3 is 2.24 bits per heavy atom. The fourth-order valence-corrected chi connectivity index (χ4v) is 2.93. The van der Waals surface area contributed by atoms with E-state index in [0.717, 1.165) is 11.1 Å². The van der Waals surface area contributed by atoms with Crippen molar-refractivity contribution in [2.75, 3.05) is 0 Å². The van der Waals surface area contributed by atoms with E-state index in [1.54, 1.807) is 32.0 Å². The molecule has 0 saturated carbocycles. The second-order valence-corrected chi connectivity index (χ2v) is 8.77. The zero-order valence-corrected chi connectivity index (χ0v) is 17.7. The molecule has 0 aliphatic heterocycles. The Labute approximate surface area is 172 Å². The fourth-order valence-electron chi connectivity index (χ4n) is 2.93. The number of rotatable bonds is 6. The first-order chi connectivity index (χ1) is 13.4. The number of aromatic hydroxyl groups is 1. The lowest BCUT2D eigenvalue weighted by Crippen LogP contribution is -2.42. The predicted octanol–water partition coefficient (Wildman–Crippen LogP) is 3.58. The molecule has 0 atom stereocenters. The summed E-state index contributed by atoms with van der Waals surface area (Å²) >= 11 is 0. The Balaban J connectivity index is 2.07. The van der Waals surface area contributed by atoms with E-state index in [9.17, 15) is 14.7 Å². The lowest BCUT2D eigenvalue weighted by molar-refractivity contribution is -0.117. The fraction of sp³-hybridized carbons (Fsp3) is 0.375. The summed E-state index contributed by atoms with van der Waals surface area (Å²) < 4.78 is 0.